The van der Waals surface area contributed by atoms with Crippen LogP contribution in [0.3, 0.4) is 0 Å². The Labute approximate surface area is 134 Å². The third kappa shape index (κ3) is 3.05. The van der Waals surface area contributed by atoms with Gasteiger partial charge < -0.3 is 0 Å². The van der Waals surface area contributed by atoms with Gasteiger partial charge in [0.15, 0.2) is 6.17 Å². The van der Waals surface area contributed by atoms with Gasteiger partial charge in [-0.1, -0.05) is 31.9 Å². The second-order valence-electron chi connectivity index (χ2n) is 6.85. The van der Waals surface area contributed by atoms with Crippen molar-refractivity contribution in [1.82, 2.24) is 0 Å². The van der Waals surface area contributed by atoms with E-state index >= 15 is 0 Å². The Bertz CT molecular complexity index is 597. The van der Waals surface area contributed by atoms with Crippen LogP contribution in [0.2, 0.25) is 0 Å². The molecule has 0 spiro atoms. The van der Waals surface area contributed by atoms with E-state index in [9.17, 15) is 17.6 Å². The molecule has 1 aromatic carbocycles. The fourth-order valence-electron chi connectivity index (χ4n) is 3.97. The Hall–Kier alpha value is -1.32. The van der Waals surface area contributed by atoms with Crippen molar-refractivity contribution in [2.45, 2.75) is 63.5 Å². The van der Waals surface area contributed by atoms with Crippen molar-refractivity contribution in [3.8, 4) is 0 Å². The highest BCUT2D eigenvalue weighted by Crippen LogP contribution is 2.46. The molecule has 1 fully saturated rings. The Morgan fingerprint density at radius 2 is 1.83 bits per heavy atom. The third-order valence-electron chi connectivity index (χ3n) is 5.31. The van der Waals surface area contributed by atoms with Gasteiger partial charge in [0.2, 0.25) is 0 Å². The van der Waals surface area contributed by atoms with Crippen molar-refractivity contribution in [2.24, 2.45) is 5.92 Å². The minimum absolute atomic E-state index is 0.142. The van der Waals surface area contributed by atoms with Crippen molar-refractivity contribution in [3.63, 3.8) is 0 Å². The van der Waals surface area contributed by atoms with E-state index < -0.39 is 23.5 Å². The highest BCUT2D eigenvalue weighted by atomic mass is 19.3. The lowest BCUT2D eigenvalue weighted by Gasteiger charge is -2.30. The fourth-order valence-corrected chi connectivity index (χ4v) is 3.97. The molecule has 0 radical (unpaired) electrons. The number of hydrogen-bond acceptors (Lipinski definition) is 0. The van der Waals surface area contributed by atoms with E-state index in [0.717, 1.165) is 37.2 Å². The molecule has 1 saturated carbocycles. The SMILES string of the molecule is CCCC1CCC(c2ccc3c(c2)C(F)=CC(F)C3(F)F)CC1. The van der Waals surface area contributed by atoms with Crippen LogP contribution in [-0.4, -0.2) is 6.17 Å². The van der Waals surface area contributed by atoms with Gasteiger partial charge in [-0.15, -0.1) is 0 Å². The summed E-state index contributed by atoms with van der Waals surface area (Å²) in [6, 6.07) is 4.34. The van der Waals surface area contributed by atoms with Crippen molar-refractivity contribution >= 4 is 5.83 Å². The second kappa shape index (κ2) is 6.29. The number of fused-ring (bicyclic) bond motifs is 1. The van der Waals surface area contributed by atoms with Crippen LogP contribution in [0.1, 0.15) is 68.1 Å². The number of allylic oxidation sites excluding steroid dienone is 1. The minimum Gasteiger partial charge on any atom is -0.236 e. The maximum absolute atomic E-state index is 14.0. The average Bonchev–Trinajstić information content (AvgIpc) is 2.54. The van der Waals surface area contributed by atoms with Crippen molar-refractivity contribution in [1.29, 1.82) is 0 Å². The maximum atomic E-state index is 14.0. The number of halogens is 4. The quantitative estimate of drug-likeness (QED) is 0.555. The molecule has 126 valence electrons. The summed E-state index contributed by atoms with van der Waals surface area (Å²) in [5, 5.41) is 0. The van der Waals surface area contributed by atoms with E-state index in [1.165, 1.54) is 25.0 Å². The van der Waals surface area contributed by atoms with Crippen LogP contribution < -0.4 is 0 Å². The van der Waals surface area contributed by atoms with E-state index in [0.29, 0.717) is 6.08 Å². The van der Waals surface area contributed by atoms with E-state index in [2.05, 4.69) is 6.92 Å². The van der Waals surface area contributed by atoms with Gasteiger partial charge in [-0.25, -0.2) is 8.78 Å². The normalized spacial score (nSPS) is 29.8. The van der Waals surface area contributed by atoms with Gasteiger partial charge in [0.05, 0.1) is 0 Å². The summed E-state index contributed by atoms with van der Waals surface area (Å²) in [6.45, 7) is 2.18. The summed E-state index contributed by atoms with van der Waals surface area (Å²) in [7, 11) is 0. The van der Waals surface area contributed by atoms with Crippen molar-refractivity contribution < 1.29 is 17.6 Å². The molecule has 0 heterocycles. The summed E-state index contributed by atoms with van der Waals surface area (Å²) in [5.74, 6) is -3.48. The Balaban J connectivity index is 1.83. The van der Waals surface area contributed by atoms with Crippen LogP contribution in [0, 0.1) is 5.92 Å². The molecule has 4 heteroatoms. The molecular weight excluding hydrogens is 304 g/mol. The molecule has 0 bridgehead atoms. The first-order valence-electron chi connectivity index (χ1n) is 8.47. The van der Waals surface area contributed by atoms with E-state index in [4.69, 9.17) is 0 Å². The van der Waals surface area contributed by atoms with E-state index in [-0.39, 0.29) is 11.5 Å². The van der Waals surface area contributed by atoms with Crippen LogP contribution in [0.25, 0.3) is 5.83 Å². The second-order valence-corrected chi connectivity index (χ2v) is 6.85. The molecule has 1 atom stereocenters. The molecule has 1 unspecified atom stereocenters. The number of benzene rings is 1. The Morgan fingerprint density at radius 3 is 2.48 bits per heavy atom. The molecule has 1 aromatic rings. The van der Waals surface area contributed by atoms with Crippen LogP contribution in [0.5, 0.6) is 0 Å². The van der Waals surface area contributed by atoms with Gasteiger partial charge in [0, 0.05) is 11.1 Å². The average molecular weight is 326 g/mol. The van der Waals surface area contributed by atoms with Crippen LogP contribution in [0.4, 0.5) is 17.6 Å². The first kappa shape index (κ1) is 16.5. The Morgan fingerprint density at radius 1 is 1.13 bits per heavy atom. The molecule has 2 aliphatic rings. The highest BCUT2D eigenvalue weighted by molar-refractivity contribution is 5.67. The van der Waals surface area contributed by atoms with Crippen molar-refractivity contribution in [2.75, 3.05) is 0 Å². The van der Waals surface area contributed by atoms with Gasteiger partial charge in [-0.3, -0.25) is 0 Å². The van der Waals surface area contributed by atoms with E-state index in [1.807, 2.05) is 0 Å². The summed E-state index contributed by atoms with van der Waals surface area (Å²) in [6.07, 6.45) is 4.51. The van der Waals surface area contributed by atoms with Crippen LogP contribution >= 0.6 is 0 Å². The predicted molar refractivity (Wildman–Crippen MR) is 83.9 cm³/mol. The predicted octanol–water partition coefficient (Wildman–Crippen LogP) is 6.51. The van der Waals surface area contributed by atoms with Crippen LogP contribution in [0.15, 0.2) is 24.3 Å². The number of alkyl halides is 3. The molecule has 0 nitrogen and oxygen atoms in total. The fraction of sp³-hybridized carbons (Fsp3) is 0.579. The van der Waals surface area contributed by atoms with E-state index in [1.54, 1.807) is 6.07 Å². The highest BCUT2D eigenvalue weighted by Gasteiger charge is 2.46. The monoisotopic (exact) mass is 326 g/mol. The molecule has 0 amide bonds. The summed E-state index contributed by atoms with van der Waals surface area (Å²) in [4.78, 5) is 0. The Kier molecular flexibility index (Phi) is 4.52. The molecule has 3 rings (SSSR count). The number of rotatable bonds is 3. The third-order valence-corrected chi connectivity index (χ3v) is 5.31. The molecule has 0 N–H and O–H groups in total. The van der Waals surface area contributed by atoms with Gasteiger partial charge in [-0.05, 0) is 55.2 Å². The van der Waals surface area contributed by atoms with Gasteiger partial charge in [-0.2, -0.15) is 8.78 Å². The van der Waals surface area contributed by atoms with Crippen molar-refractivity contribution in [3.05, 3.63) is 41.0 Å². The number of hydrogen-bond donors (Lipinski definition) is 0. The standard InChI is InChI=1S/C19H22F4/c1-2-3-12-4-6-13(7-5-12)14-8-9-16-15(10-14)17(20)11-18(21)19(16,22)23/h8-13,18H,2-7H2,1H3. The minimum atomic E-state index is -3.65. The largest absolute Gasteiger partial charge is 0.308 e. The molecular formula is C19H22F4. The summed E-state index contributed by atoms with van der Waals surface area (Å²) >= 11 is 0. The molecule has 2 aliphatic carbocycles. The topological polar surface area (TPSA) is 0 Å². The molecule has 0 aliphatic heterocycles. The lowest BCUT2D eigenvalue weighted by Crippen LogP contribution is -2.30. The zero-order valence-electron chi connectivity index (χ0n) is 13.3. The van der Waals surface area contributed by atoms with Gasteiger partial charge in [0.25, 0.3) is 0 Å². The summed E-state index contributed by atoms with van der Waals surface area (Å²) < 4.78 is 55.1. The van der Waals surface area contributed by atoms with Crippen LogP contribution in [-0.2, 0) is 5.92 Å². The van der Waals surface area contributed by atoms with Gasteiger partial charge in [0.1, 0.15) is 5.83 Å². The smallest absolute Gasteiger partial charge is 0.236 e. The van der Waals surface area contributed by atoms with Gasteiger partial charge >= 0.3 is 5.92 Å². The molecule has 23 heavy (non-hydrogen) atoms. The first-order chi connectivity index (χ1) is 10.9. The molecule has 0 saturated heterocycles. The lowest BCUT2D eigenvalue weighted by molar-refractivity contribution is -0.0619. The summed E-state index contributed by atoms with van der Waals surface area (Å²) in [5.41, 5.74) is 0.223. The zero-order chi connectivity index (χ0) is 16.6. The molecule has 0 aromatic heterocycles. The maximum Gasteiger partial charge on any atom is 0.308 e. The lowest BCUT2D eigenvalue weighted by atomic mass is 9.76. The zero-order valence-corrected chi connectivity index (χ0v) is 13.3. The first-order valence-corrected chi connectivity index (χ1v) is 8.47.